The minimum atomic E-state index is -1.01. The van der Waals surface area contributed by atoms with E-state index in [9.17, 15) is 39.3 Å². The Morgan fingerprint density at radius 2 is 0.878 bits per heavy atom. The molecule has 0 aliphatic carbocycles. The SMILES string of the molecule is CCCCNC(=O)CCCCCCNC(=O)CN1CCN(CC(=O)O)CCN(CC(=O)O)CCN(CC(=O)O)CC1. The van der Waals surface area contributed by atoms with Gasteiger partial charge >= 0.3 is 17.9 Å². The maximum Gasteiger partial charge on any atom is 0.317 e. The van der Waals surface area contributed by atoms with Gasteiger partial charge in [0.05, 0.1) is 26.2 Å². The molecule has 0 aromatic rings. The fourth-order valence-corrected chi connectivity index (χ4v) is 4.53. The van der Waals surface area contributed by atoms with Gasteiger partial charge in [-0.3, -0.25) is 43.6 Å². The van der Waals surface area contributed by atoms with Crippen LogP contribution in [0.3, 0.4) is 0 Å². The molecular formula is C27H50N6O8. The molecule has 1 aliphatic heterocycles. The second kappa shape index (κ2) is 21.9. The molecule has 1 heterocycles. The lowest BCUT2D eigenvalue weighted by Crippen LogP contribution is -2.49. The van der Waals surface area contributed by atoms with Gasteiger partial charge in [0.25, 0.3) is 0 Å². The van der Waals surface area contributed by atoms with Crippen molar-refractivity contribution in [3.05, 3.63) is 0 Å². The third-order valence-electron chi connectivity index (χ3n) is 6.88. The molecule has 0 atom stereocenters. The smallest absolute Gasteiger partial charge is 0.317 e. The molecule has 2 amide bonds. The first-order chi connectivity index (χ1) is 19.6. The lowest BCUT2D eigenvalue weighted by molar-refractivity contribution is -0.140. The van der Waals surface area contributed by atoms with Crippen molar-refractivity contribution < 1.29 is 39.3 Å². The Hall–Kier alpha value is -2.81. The third-order valence-corrected chi connectivity index (χ3v) is 6.88. The number of carbonyl (C=O) groups excluding carboxylic acids is 2. The monoisotopic (exact) mass is 586 g/mol. The highest BCUT2D eigenvalue weighted by Gasteiger charge is 2.21. The number of amides is 2. The van der Waals surface area contributed by atoms with Crippen LogP contribution in [0.5, 0.6) is 0 Å². The molecule has 5 N–H and O–H groups in total. The van der Waals surface area contributed by atoms with E-state index in [2.05, 4.69) is 17.6 Å². The fraction of sp³-hybridized carbons (Fsp3) is 0.815. The van der Waals surface area contributed by atoms with Crippen molar-refractivity contribution in [2.24, 2.45) is 0 Å². The van der Waals surface area contributed by atoms with Crippen molar-refractivity contribution in [1.82, 2.24) is 30.2 Å². The lowest BCUT2D eigenvalue weighted by atomic mass is 10.1. The average molecular weight is 587 g/mol. The summed E-state index contributed by atoms with van der Waals surface area (Å²) in [6, 6.07) is 0. The first-order valence-electron chi connectivity index (χ1n) is 14.7. The van der Waals surface area contributed by atoms with Gasteiger partial charge in [-0.15, -0.1) is 0 Å². The zero-order valence-electron chi connectivity index (χ0n) is 24.5. The Kier molecular flexibility index (Phi) is 19.3. The Bertz CT molecular complexity index is 783. The first kappa shape index (κ1) is 36.2. The van der Waals surface area contributed by atoms with Gasteiger partial charge in [-0.1, -0.05) is 26.2 Å². The number of unbranched alkanes of at least 4 members (excludes halogenated alkanes) is 4. The summed E-state index contributed by atoms with van der Waals surface area (Å²) in [7, 11) is 0. The van der Waals surface area contributed by atoms with E-state index in [-0.39, 0.29) is 38.0 Å². The zero-order valence-corrected chi connectivity index (χ0v) is 24.5. The minimum Gasteiger partial charge on any atom is -0.480 e. The van der Waals surface area contributed by atoms with Crippen LogP contribution < -0.4 is 10.6 Å². The summed E-state index contributed by atoms with van der Waals surface area (Å²) < 4.78 is 0. The molecule has 0 spiro atoms. The van der Waals surface area contributed by atoms with Crippen molar-refractivity contribution in [3.63, 3.8) is 0 Å². The molecule has 1 saturated heterocycles. The summed E-state index contributed by atoms with van der Waals surface area (Å²) in [5, 5.41) is 33.7. The number of nitrogens with one attached hydrogen (secondary N) is 2. The lowest BCUT2D eigenvalue weighted by Gasteiger charge is -2.32. The number of carboxylic acid groups (broad SMARTS) is 3. The molecular weight excluding hydrogens is 536 g/mol. The van der Waals surface area contributed by atoms with E-state index in [0.29, 0.717) is 65.3 Å². The Morgan fingerprint density at radius 3 is 1.29 bits per heavy atom. The second-order valence-electron chi connectivity index (χ2n) is 10.5. The van der Waals surface area contributed by atoms with E-state index in [4.69, 9.17) is 0 Å². The highest BCUT2D eigenvalue weighted by molar-refractivity contribution is 5.78. The molecule has 0 radical (unpaired) electrons. The maximum atomic E-state index is 12.7. The zero-order chi connectivity index (χ0) is 30.5. The van der Waals surface area contributed by atoms with E-state index in [1.807, 2.05) is 4.90 Å². The molecule has 0 unspecified atom stereocenters. The highest BCUT2D eigenvalue weighted by atomic mass is 16.4. The van der Waals surface area contributed by atoms with Gasteiger partial charge in [0.2, 0.25) is 11.8 Å². The number of carboxylic acids is 3. The number of hydrogen-bond acceptors (Lipinski definition) is 9. The van der Waals surface area contributed by atoms with Crippen LogP contribution >= 0.6 is 0 Å². The largest absolute Gasteiger partial charge is 0.480 e. The first-order valence-corrected chi connectivity index (χ1v) is 14.7. The quantitative estimate of drug-likeness (QED) is 0.129. The highest BCUT2D eigenvalue weighted by Crippen LogP contribution is 2.04. The second-order valence-corrected chi connectivity index (χ2v) is 10.5. The molecule has 236 valence electrons. The molecule has 0 bridgehead atoms. The Labute approximate surface area is 243 Å². The standard InChI is InChI=1S/C27H50N6O8/c1-2-3-9-28-23(34)8-6-4-5-7-10-29-24(35)19-30-11-13-31(20-25(36)37)15-17-33(22-27(40)41)18-16-32(14-12-30)21-26(38)39/h2-22H2,1H3,(H,28,34)(H,29,35)(H,36,37)(H,38,39)(H,40,41). The van der Waals surface area contributed by atoms with Crippen LogP contribution in [-0.2, 0) is 24.0 Å². The van der Waals surface area contributed by atoms with Gasteiger partial charge < -0.3 is 26.0 Å². The van der Waals surface area contributed by atoms with Gasteiger partial charge in [-0.25, -0.2) is 0 Å². The van der Waals surface area contributed by atoms with Crippen LogP contribution in [0, 0.1) is 0 Å². The van der Waals surface area contributed by atoms with Crippen LogP contribution in [0.4, 0.5) is 0 Å². The normalized spacial score (nSPS) is 16.8. The van der Waals surface area contributed by atoms with E-state index in [0.717, 1.165) is 45.1 Å². The predicted octanol–water partition coefficient (Wildman–Crippen LogP) is -0.555. The average Bonchev–Trinajstić information content (AvgIpc) is 2.88. The molecule has 1 fully saturated rings. The molecule has 1 rings (SSSR count). The van der Waals surface area contributed by atoms with E-state index in [1.165, 1.54) is 0 Å². The van der Waals surface area contributed by atoms with Crippen molar-refractivity contribution in [2.75, 3.05) is 91.6 Å². The van der Waals surface area contributed by atoms with Crippen LogP contribution in [0.2, 0.25) is 0 Å². The van der Waals surface area contributed by atoms with Crippen LogP contribution in [-0.4, -0.2) is 156 Å². The third kappa shape index (κ3) is 19.8. The summed E-state index contributed by atoms with van der Waals surface area (Å²) in [6.45, 7) is 5.65. The molecule has 41 heavy (non-hydrogen) atoms. The minimum absolute atomic E-state index is 0.0826. The molecule has 0 aromatic carbocycles. The van der Waals surface area contributed by atoms with Crippen molar-refractivity contribution in [2.45, 2.75) is 51.9 Å². The van der Waals surface area contributed by atoms with E-state index < -0.39 is 17.9 Å². The molecule has 14 nitrogen and oxygen atoms in total. The van der Waals surface area contributed by atoms with E-state index in [1.54, 1.807) is 14.7 Å². The predicted molar refractivity (Wildman–Crippen MR) is 153 cm³/mol. The fourth-order valence-electron chi connectivity index (χ4n) is 4.53. The molecule has 0 aromatic heterocycles. The number of aliphatic carboxylic acids is 3. The summed E-state index contributed by atoms with van der Waals surface area (Å²) in [5.41, 5.74) is 0. The number of hydrogen-bond donors (Lipinski definition) is 5. The molecule has 0 saturated carbocycles. The summed E-state index contributed by atoms with van der Waals surface area (Å²) in [6.07, 6.45) is 5.97. The number of carbonyl (C=O) groups is 5. The summed E-state index contributed by atoms with van der Waals surface area (Å²) in [5.74, 6) is -3.06. The maximum absolute atomic E-state index is 12.7. The van der Waals surface area contributed by atoms with Gasteiger partial charge in [-0.2, -0.15) is 0 Å². The van der Waals surface area contributed by atoms with Gasteiger partial charge in [0, 0.05) is 71.9 Å². The molecule has 14 heteroatoms. The number of rotatable bonds is 18. The van der Waals surface area contributed by atoms with Crippen molar-refractivity contribution in [3.8, 4) is 0 Å². The van der Waals surface area contributed by atoms with Gasteiger partial charge in [0.1, 0.15) is 0 Å². The molecule has 1 aliphatic rings. The number of nitrogens with zero attached hydrogens (tertiary/aromatic N) is 4. The summed E-state index contributed by atoms with van der Waals surface area (Å²) >= 11 is 0. The van der Waals surface area contributed by atoms with Crippen LogP contribution in [0.15, 0.2) is 0 Å². The van der Waals surface area contributed by atoms with Crippen molar-refractivity contribution >= 4 is 29.7 Å². The van der Waals surface area contributed by atoms with Gasteiger partial charge in [-0.05, 0) is 19.3 Å². The Morgan fingerprint density at radius 1 is 0.512 bits per heavy atom. The van der Waals surface area contributed by atoms with E-state index >= 15 is 0 Å². The van der Waals surface area contributed by atoms with Gasteiger partial charge in [0.15, 0.2) is 0 Å². The topological polar surface area (TPSA) is 183 Å². The van der Waals surface area contributed by atoms with Crippen molar-refractivity contribution in [1.29, 1.82) is 0 Å². The van der Waals surface area contributed by atoms with Crippen LogP contribution in [0.1, 0.15) is 51.9 Å². The van der Waals surface area contributed by atoms with Crippen LogP contribution in [0.25, 0.3) is 0 Å². The Balaban J connectivity index is 2.59. The summed E-state index contributed by atoms with van der Waals surface area (Å²) in [4.78, 5) is 65.5.